The summed E-state index contributed by atoms with van der Waals surface area (Å²) in [7, 11) is 0. The van der Waals surface area contributed by atoms with Crippen molar-refractivity contribution in [3.63, 3.8) is 0 Å². The molecule has 0 saturated heterocycles. The highest BCUT2D eigenvalue weighted by Gasteiger charge is 2.48. The Morgan fingerprint density at radius 1 is 1.21 bits per heavy atom. The van der Waals surface area contributed by atoms with Gasteiger partial charge >= 0.3 is 0 Å². The predicted octanol–water partition coefficient (Wildman–Crippen LogP) is 3.95. The van der Waals surface area contributed by atoms with Crippen LogP contribution in [-0.4, -0.2) is 0 Å². The molecule has 0 aliphatic heterocycles. The summed E-state index contributed by atoms with van der Waals surface area (Å²) in [5.41, 5.74) is 3.52. The zero-order valence-corrected chi connectivity index (χ0v) is 9.29. The predicted molar refractivity (Wildman–Crippen MR) is 59.9 cm³/mol. The number of hydrogen-bond acceptors (Lipinski definition) is 0. The highest BCUT2D eigenvalue weighted by atomic mass is 14.5. The maximum absolute atomic E-state index is 2.61. The van der Waals surface area contributed by atoms with Crippen LogP contribution in [0.25, 0.3) is 0 Å². The van der Waals surface area contributed by atoms with Crippen LogP contribution in [0.5, 0.6) is 0 Å². The monoisotopic (exact) mass is 188 g/mol. The zero-order valence-electron chi connectivity index (χ0n) is 9.29. The Hall–Kier alpha value is -0.520. The Bertz CT molecular complexity index is 308. The van der Waals surface area contributed by atoms with Crippen LogP contribution in [0.1, 0.15) is 39.5 Å². The van der Waals surface area contributed by atoms with E-state index in [2.05, 4.69) is 26.0 Å². The zero-order chi connectivity index (χ0) is 9.71. The summed E-state index contributed by atoms with van der Waals surface area (Å²) in [5.74, 6) is 3.83. The van der Waals surface area contributed by atoms with Gasteiger partial charge in [-0.15, -0.1) is 0 Å². The minimum Gasteiger partial charge on any atom is -0.0813 e. The molecule has 0 aromatic heterocycles. The van der Waals surface area contributed by atoms with Crippen LogP contribution in [-0.2, 0) is 0 Å². The smallest absolute Gasteiger partial charge is 0.0130 e. The molecule has 0 N–H and O–H groups in total. The largest absolute Gasteiger partial charge is 0.0813 e. The van der Waals surface area contributed by atoms with E-state index >= 15 is 0 Å². The third-order valence-electron chi connectivity index (χ3n) is 4.72. The van der Waals surface area contributed by atoms with E-state index in [4.69, 9.17) is 0 Å². The molecule has 76 valence electrons. The first-order chi connectivity index (χ1) is 6.83. The molecule has 4 atom stereocenters. The lowest BCUT2D eigenvalue weighted by Gasteiger charge is -2.24. The second-order valence-corrected chi connectivity index (χ2v) is 5.22. The van der Waals surface area contributed by atoms with Gasteiger partial charge in [-0.05, 0) is 49.4 Å². The molecule has 1 fully saturated rings. The Morgan fingerprint density at radius 2 is 2.07 bits per heavy atom. The van der Waals surface area contributed by atoms with Crippen LogP contribution in [0.2, 0.25) is 0 Å². The van der Waals surface area contributed by atoms with E-state index in [9.17, 15) is 0 Å². The van der Waals surface area contributed by atoms with E-state index in [0.29, 0.717) is 0 Å². The fourth-order valence-electron chi connectivity index (χ4n) is 4.03. The standard InChI is InChI=1S/C14H20/c1-3-9-5-12-11-7-10(4-2)13(8-11)14(12)6-9/h5,7,11-14H,3-4,6,8H2,1-2H3/t11-,12+,13-,14-/m1/s1. The highest BCUT2D eigenvalue weighted by Crippen LogP contribution is 2.57. The molecule has 3 aliphatic carbocycles. The molecule has 3 rings (SSSR count). The Balaban J connectivity index is 1.86. The number of allylic oxidation sites excluding steroid dienone is 4. The average molecular weight is 188 g/mol. The van der Waals surface area contributed by atoms with Gasteiger partial charge in [-0.2, -0.15) is 0 Å². The molecule has 3 aliphatic rings. The lowest BCUT2D eigenvalue weighted by atomic mass is 9.80. The third-order valence-corrected chi connectivity index (χ3v) is 4.72. The first-order valence-electron chi connectivity index (χ1n) is 6.23. The lowest BCUT2D eigenvalue weighted by Crippen LogP contribution is -2.16. The maximum Gasteiger partial charge on any atom is -0.0130 e. The van der Waals surface area contributed by atoms with Gasteiger partial charge in [0.25, 0.3) is 0 Å². The van der Waals surface area contributed by atoms with Crippen molar-refractivity contribution in [2.24, 2.45) is 23.7 Å². The van der Waals surface area contributed by atoms with Crippen molar-refractivity contribution < 1.29 is 0 Å². The molecule has 0 radical (unpaired) electrons. The molecule has 0 nitrogen and oxygen atoms in total. The van der Waals surface area contributed by atoms with E-state index in [1.807, 2.05) is 0 Å². The van der Waals surface area contributed by atoms with Crippen molar-refractivity contribution in [3.8, 4) is 0 Å². The van der Waals surface area contributed by atoms with Gasteiger partial charge < -0.3 is 0 Å². The SMILES string of the molecule is CCC1=C[C@@H]2[C@@H](C1)[C@@H]1C[C@H]2C=C1CC. The molecule has 0 unspecified atom stereocenters. The number of fused-ring (bicyclic) bond motifs is 5. The van der Waals surface area contributed by atoms with E-state index in [1.54, 1.807) is 11.1 Å². The van der Waals surface area contributed by atoms with Crippen LogP contribution >= 0.6 is 0 Å². The fraction of sp³-hybridized carbons (Fsp3) is 0.714. The first kappa shape index (κ1) is 8.76. The quantitative estimate of drug-likeness (QED) is 0.576. The number of hydrogen-bond donors (Lipinski definition) is 0. The molecule has 0 spiro atoms. The molecular weight excluding hydrogens is 168 g/mol. The Labute approximate surface area is 87.1 Å². The average Bonchev–Trinajstić information content (AvgIpc) is 2.87. The molecule has 0 aromatic rings. The molecule has 0 heteroatoms. The normalized spacial score (nSPS) is 43.9. The van der Waals surface area contributed by atoms with Crippen LogP contribution in [0.3, 0.4) is 0 Å². The fourth-order valence-corrected chi connectivity index (χ4v) is 4.03. The van der Waals surface area contributed by atoms with E-state index in [1.165, 1.54) is 25.7 Å². The van der Waals surface area contributed by atoms with Crippen molar-refractivity contribution in [2.75, 3.05) is 0 Å². The van der Waals surface area contributed by atoms with Crippen molar-refractivity contribution in [3.05, 3.63) is 23.3 Å². The Morgan fingerprint density at radius 3 is 2.79 bits per heavy atom. The van der Waals surface area contributed by atoms with Crippen LogP contribution in [0.4, 0.5) is 0 Å². The molecule has 2 bridgehead atoms. The maximum atomic E-state index is 2.61. The van der Waals surface area contributed by atoms with E-state index in [0.717, 1.165) is 23.7 Å². The van der Waals surface area contributed by atoms with Crippen molar-refractivity contribution in [1.29, 1.82) is 0 Å². The topological polar surface area (TPSA) is 0 Å². The molecule has 0 aromatic carbocycles. The van der Waals surface area contributed by atoms with Crippen LogP contribution < -0.4 is 0 Å². The van der Waals surface area contributed by atoms with Gasteiger partial charge in [-0.1, -0.05) is 37.1 Å². The summed E-state index contributed by atoms with van der Waals surface area (Å²) < 4.78 is 0. The molecule has 14 heavy (non-hydrogen) atoms. The summed E-state index contributed by atoms with van der Waals surface area (Å²) in [5, 5.41) is 0. The van der Waals surface area contributed by atoms with E-state index < -0.39 is 0 Å². The van der Waals surface area contributed by atoms with Gasteiger partial charge in [0.15, 0.2) is 0 Å². The summed E-state index contributed by atoms with van der Waals surface area (Å²) in [4.78, 5) is 0. The molecule has 1 saturated carbocycles. The van der Waals surface area contributed by atoms with Gasteiger partial charge in [0, 0.05) is 0 Å². The van der Waals surface area contributed by atoms with Crippen molar-refractivity contribution in [1.82, 2.24) is 0 Å². The van der Waals surface area contributed by atoms with Gasteiger partial charge in [0.05, 0.1) is 0 Å². The summed E-state index contributed by atoms with van der Waals surface area (Å²) in [6.07, 6.45) is 10.7. The van der Waals surface area contributed by atoms with Crippen molar-refractivity contribution >= 4 is 0 Å². The summed E-state index contributed by atoms with van der Waals surface area (Å²) in [6, 6.07) is 0. The van der Waals surface area contributed by atoms with E-state index in [-0.39, 0.29) is 0 Å². The molecular formula is C14H20. The summed E-state index contributed by atoms with van der Waals surface area (Å²) in [6.45, 7) is 4.63. The Kier molecular flexibility index (Phi) is 1.87. The molecule has 0 heterocycles. The minimum absolute atomic E-state index is 0.920. The molecule has 0 amide bonds. The van der Waals surface area contributed by atoms with Crippen LogP contribution in [0.15, 0.2) is 23.3 Å². The minimum atomic E-state index is 0.920. The summed E-state index contributed by atoms with van der Waals surface area (Å²) >= 11 is 0. The van der Waals surface area contributed by atoms with Gasteiger partial charge in [0.2, 0.25) is 0 Å². The van der Waals surface area contributed by atoms with Gasteiger partial charge in [-0.25, -0.2) is 0 Å². The van der Waals surface area contributed by atoms with Crippen molar-refractivity contribution in [2.45, 2.75) is 39.5 Å². The lowest BCUT2D eigenvalue weighted by molar-refractivity contribution is 0.375. The number of rotatable bonds is 2. The van der Waals surface area contributed by atoms with Gasteiger partial charge in [0.1, 0.15) is 0 Å². The third kappa shape index (κ3) is 1.00. The second kappa shape index (κ2) is 2.98. The van der Waals surface area contributed by atoms with Crippen LogP contribution in [0, 0.1) is 23.7 Å². The highest BCUT2D eigenvalue weighted by molar-refractivity contribution is 5.31. The second-order valence-electron chi connectivity index (χ2n) is 5.22. The first-order valence-corrected chi connectivity index (χ1v) is 6.23. The van der Waals surface area contributed by atoms with Gasteiger partial charge in [-0.3, -0.25) is 0 Å².